The standard InChI is InChI=1S/C16H16ClNOS/c17-13-4-1-3-12(9-13)16(6-7-16)11-18-15(19)10-14-5-2-8-20-14/h1-5,8-9H,6-7,10-11H2,(H,18,19). The monoisotopic (exact) mass is 305 g/mol. The van der Waals surface area contributed by atoms with E-state index < -0.39 is 0 Å². The van der Waals surface area contributed by atoms with E-state index in [0.717, 1.165) is 22.7 Å². The smallest absolute Gasteiger partial charge is 0.225 e. The Kier molecular flexibility index (Phi) is 3.81. The molecule has 0 spiro atoms. The van der Waals surface area contributed by atoms with Crippen molar-refractivity contribution in [3.05, 3.63) is 57.2 Å². The van der Waals surface area contributed by atoms with Gasteiger partial charge in [0.25, 0.3) is 0 Å². The van der Waals surface area contributed by atoms with Gasteiger partial charge in [-0.15, -0.1) is 11.3 Å². The van der Waals surface area contributed by atoms with E-state index in [1.165, 1.54) is 5.56 Å². The summed E-state index contributed by atoms with van der Waals surface area (Å²) in [5.41, 5.74) is 1.34. The molecule has 3 rings (SSSR count). The van der Waals surface area contributed by atoms with Crippen LogP contribution in [0.1, 0.15) is 23.3 Å². The van der Waals surface area contributed by atoms with Crippen LogP contribution in [0.15, 0.2) is 41.8 Å². The summed E-state index contributed by atoms with van der Waals surface area (Å²) >= 11 is 7.67. The Labute approximate surface area is 127 Å². The first-order valence-corrected chi connectivity index (χ1v) is 7.99. The van der Waals surface area contributed by atoms with E-state index in [1.807, 2.05) is 35.7 Å². The Morgan fingerprint density at radius 3 is 2.80 bits per heavy atom. The zero-order chi connectivity index (χ0) is 14.0. The van der Waals surface area contributed by atoms with Crippen LogP contribution in [0.3, 0.4) is 0 Å². The highest BCUT2D eigenvalue weighted by Gasteiger charge is 2.44. The normalized spacial score (nSPS) is 15.8. The first kappa shape index (κ1) is 13.7. The second kappa shape index (κ2) is 5.58. The fourth-order valence-corrected chi connectivity index (χ4v) is 3.33. The van der Waals surface area contributed by atoms with Crippen molar-refractivity contribution in [3.63, 3.8) is 0 Å². The summed E-state index contributed by atoms with van der Waals surface area (Å²) in [4.78, 5) is 13.1. The Hall–Kier alpha value is -1.32. The number of carbonyl (C=O) groups is 1. The third-order valence-electron chi connectivity index (χ3n) is 3.83. The van der Waals surface area contributed by atoms with E-state index in [0.29, 0.717) is 13.0 Å². The Bertz CT molecular complexity index is 605. The molecule has 0 unspecified atom stereocenters. The summed E-state index contributed by atoms with van der Waals surface area (Å²) in [6, 6.07) is 11.9. The molecule has 1 aromatic heterocycles. The minimum absolute atomic E-state index is 0.0979. The molecule has 1 saturated carbocycles. The lowest BCUT2D eigenvalue weighted by Gasteiger charge is -2.16. The third kappa shape index (κ3) is 3.05. The SMILES string of the molecule is O=C(Cc1cccs1)NCC1(c2cccc(Cl)c2)CC1. The maximum atomic E-state index is 12.0. The maximum Gasteiger partial charge on any atom is 0.225 e. The van der Waals surface area contributed by atoms with Gasteiger partial charge in [0.2, 0.25) is 5.91 Å². The topological polar surface area (TPSA) is 29.1 Å². The fourth-order valence-electron chi connectivity index (χ4n) is 2.44. The van der Waals surface area contributed by atoms with E-state index in [2.05, 4.69) is 11.4 Å². The van der Waals surface area contributed by atoms with Crippen molar-refractivity contribution in [1.29, 1.82) is 0 Å². The molecule has 0 atom stereocenters. The summed E-state index contributed by atoms with van der Waals surface area (Å²) in [5, 5.41) is 5.83. The number of hydrogen-bond donors (Lipinski definition) is 1. The first-order chi connectivity index (χ1) is 9.68. The van der Waals surface area contributed by atoms with Crippen LogP contribution in [0, 0.1) is 0 Å². The molecule has 4 heteroatoms. The maximum absolute atomic E-state index is 12.0. The number of halogens is 1. The van der Waals surface area contributed by atoms with Gasteiger partial charge in [-0.1, -0.05) is 29.8 Å². The molecule has 1 heterocycles. The summed E-state index contributed by atoms with van der Waals surface area (Å²) in [5.74, 6) is 0.0979. The zero-order valence-corrected chi connectivity index (χ0v) is 12.6. The number of nitrogens with one attached hydrogen (secondary N) is 1. The van der Waals surface area contributed by atoms with E-state index in [9.17, 15) is 4.79 Å². The molecule has 1 aromatic carbocycles. The van der Waals surface area contributed by atoms with Gasteiger partial charge in [-0.2, -0.15) is 0 Å². The lowest BCUT2D eigenvalue weighted by molar-refractivity contribution is -0.120. The van der Waals surface area contributed by atoms with Crippen LogP contribution < -0.4 is 5.32 Å². The molecule has 1 N–H and O–H groups in total. The van der Waals surface area contributed by atoms with Crippen LogP contribution in [0.2, 0.25) is 5.02 Å². The van der Waals surface area contributed by atoms with Gasteiger partial charge < -0.3 is 5.32 Å². The molecule has 2 aromatic rings. The van der Waals surface area contributed by atoms with E-state index in [4.69, 9.17) is 11.6 Å². The van der Waals surface area contributed by atoms with Crippen molar-refractivity contribution < 1.29 is 4.79 Å². The van der Waals surface area contributed by atoms with Crippen molar-refractivity contribution in [3.8, 4) is 0 Å². The number of thiophene rings is 1. The first-order valence-electron chi connectivity index (χ1n) is 6.73. The van der Waals surface area contributed by atoms with Gasteiger partial charge in [-0.25, -0.2) is 0 Å². The Morgan fingerprint density at radius 2 is 2.15 bits per heavy atom. The molecule has 1 amide bonds. The molecule has 0 saturated heterocycles. The minimum Gasteiger partial charge on any atom is -0.355 e. The van der Waals surface area contributed by atoms with Crippen LogP contribution in [-0.4, -0.2) is 12.5 Å². The number of carbonyl (C=O) groups excluding carboxylic acids is 1. The molecule has 1 aliphatic rings. The molecule has 20 heavy (non-hydrogen) atoms. The van der Waals surface area contributed by atoms with Crippen LogP contribution in [0.5, 0.6) is 0 Å². The van der Waals surface area contributed by atoms with E-state index >= 15 is 0 Å². The summed E-state index contributed by atoms with van der Waals surface area (Å²) in [7, 11) is 0. The number of hydrogen-bond acceptors (Lipinski definition) is 2. The molecule has 1 aliphatic carbocycles. The van der Waals surface area contributed by atoms with Crippen molar-refractivity contribution in [2.45, 2.75) is 24.7 Å². The lowest BCUT2D eigenvalue weighted by Crippen LogP contribution is -2.33. The predicted octanol–water partition coefficient (Wildman–Crippen LogP) is 3.79. The largest absolute Gasteiger partial charge is 0.355 e. The number of rotatable bonds is 5. The average molecular weight is 306 g/mol. The zero-order valence-electron chi connectivity index (χ0n) is 11.1. The highest BCUT2D eigenvalue weighted by molar-refractivity contribution is 7.10. The molecular weight excluding hydrogens is 290 g/mol. The third-order valence-corrected chi connectivity index (χ3v) is 4.94. The summed E-state index contributed by atoms with van der Waals surface area (Å²) < 4.78 is 0. The molecule has 104 valence electrons. The van der Waals surface area contributed by atoms with Gasteiger partial charge in [0, 0.05) is 21.9 Å². The molecule has 0 aliphatic heterocycles. The Morgan fingerprint density at radius 1 is 1.30 bits per heavy atom. The summed E-state index contributed by atoms with van der Waals surface area (Å²) in [6.45, 7) is 0.706. The van der Waals surface area contributed by atoms with Gasteiger partial charge >= 0.3 is 0 Å². The van der Waals surface area contributed by atoms with E-state index in [1.54, 1.807) is 11.3 Å². The van der Waals surface area contributed by atoms with Crippen molar-refractivity contribution in [1.82, 2.24) is 5.32 Å². The van der Waals surface area contributed by atoms with Gasteiger partial charge in [-0.3, -0.25) is 4.79 Å². The van der Waals surface area contributed by atoms with Gasteiger partial charge in [0.05, 0.1) is 6.42 Å². The van der Waals surface area contributed by atoms with Gasteiger partial charge in [0.1, 0.15) is 0 Å². The summed E-state index contributed by atoms with van der Waals surface area (Å²) in [6.07, 6.45) is 2.71. The second-order valence-corrected chi connectivity index (χ2v) is 6.79. The lowest BCUT2D eigenvalue weighted by atomic mass is 9.96. The highest BCUT2D eigenvalue weighted by atomic mass is 35.5. The minimum atomic E-state index is 0.0979. The van der Waals surface area contributed by atoms with Gasteiger partial charge in [-0.05, 0) is 42.0 Å². The van der Waals surface area contributed by atoms with Gasteiger partial charge in [0.15, 0.2) is 0 Å². The molecule has 0 radical (unpaired) electrons. The average Bonchev–Trinajstić information content (AvgIpc) is 3.07. The number of benzene rings is 1. The van der Waals surface area contributed by atoms with Crippen LogP contribution in [-0.2, 0) is 16.6 Å². The predicted molar refractivity (Wildman–Crippen MR) is 83.4 cm³/mol. The van der Waals surface area contributed by atoms with Crippen molar-refractivity contribution in [2.75, 3.05) is 6.54 Å². The second-order valence-electron chi connectivity index (χ2n) is 5.32. The quantitative estimate of drug-likeness (QED) is 0.894. The molecule has 0 bridgehead atoms. The van der Waals surface area contributed by atoms with Crippen molar-refractivity contribution in [2.24, 2.45) is 0 Å². The number of amides is 1. The van der Waals surface area contributed by atoms with Crippen LogP contribution >= 0.6 is 22.9 Å². The van der Waals surface area contributed by atoms with E-state index in [-0.39, 0.29) is 11.3 Å². The molecule has 2 nitrogen and oxygen atoms in total. The fraction of sp³-hybridized carbons (Fsp3) is 0.312. The molecular formula is C16H16ClNOS. The molecule has 1 fully saturated rings. The van der Waals surface area contributed by atoms with Crippen molar-refractivity contribution >= 4 is 28.8 Å². The highest BCUT2D eigenvalue weighted by Crippen LogP contribution is 2.48. The van der Waals surface area contributed by atoms with Crippen LogP contribution in [0.4, 0.5) is 0 Å². The Balaban J connectivity index is 1.59. The van der Waals surface area contributed by atoms with Crippen LogP contribution in [0.25, 0.3) is 0 Å².